The van der Waals surface area contributed by atoms with Crippen LogP contribution in [-0.2, 0) is 25.8 Å². The highest BCUT2D eigenvalue weighted by molar-refractivity contribution is 5.40. The second-order valence-electron chi connectivity index (χ2n) is 4.46. The van der Waals surface area contributed by atoms with E-state index in [0.29, 0.717) is 0 Å². The molecule has 0 radical (unpaired) electrons. The van der Waals surface area contributed by atoms with Crippen molar-refractivity contribution >= 4 is 0 Å². The Labute approximate surface area is 79.8 Å². The van der Waals surface area contributed by atoms with Crippen molar-refractivity contribution in [1.82, 2.24) is 4.57 Å². The van der Waals surface area contributed by atoms with Gasteiger partial charge in [0.05, 0.1) is 0 Å². The van der Waals surface area contributed by atoms with E-state index in [0.717, 1.165) is 0 Å². The summed E-state index contributed by atoms with van der Waals surface area (Å²) in [6.45, 7) is 3.63. The fourth-order valence-corrected chi connectivity index (χ4v) is 3.13. The fourth-order valence-electron chi connectivity index (χ4n) is 3.13. The van der Waals surface area contributed by atoms with E-state index >= 15 is 0 Å². The maximum Gasteiger partial charge on any atom is 0.0228 e. The molecule has 2 heterocycles. The van der Waals surface area contributed by atoms with Gasteiger partial charge in [-0.05, 0) is 56.6 Å². The zero-order chi connectivity index (χ0) is 8.84. The maximum atomic E-state index is 2.61. The van der Waals surface area contributed by atoms with Gasteiger partial charge in [-0.25, -0.2) is 0 Å². The Morgan fingerprint density at radius 3 is 2.62 bits per heavy atom. The zero-order valence-corrected chi connectivity index (χ0v) is 8.40. The summed E-state index contributed by atoms with van der Waals surface area (Å²) in [4.78, 5) is 0. The lowest BCUT2D eigenvalue weighted by Gasteiger charge is -2.14. The lowest BCUT2D eigenvalue weighted by Crippen LogP contribution is -2.06. The van der Waals surface area contributed by atoms with Crippen molar-refractivity contribution in [3.8, 4) is 0 Å². The summed E-state index contributed by atoms with van der Waals surface area (Å²) >= 11 is 0. The molecule has 0 unspecified atom stereocenters. The summed E-state index contributed by atoms with van der Waals surface area (Å²) < 4.78 is 2.61. The Balaban J connectivity index is 2.21. The molecular weight excluding hydrogens is 158 g/mol. The van der Waals surface area contributed by atoms with E-state index < -0.39 is 0 Å². The molecule has 0 fully saturated rings. The van der Waals surface area contributed by atoms with Gasteiger partial charge in [-0.15, -0.1) is 0 Å². The topological polar surface area (TPSA) is 4.93 Å². The minimum Gasteiger partial charge on any atom is -0.348 e. The van der Waals surface area contributed by atoms with Crippen LogP contribution in [-0.4, -0.2) is 4.57 Å². The third-order valence-corrected chi connectivity index (χ3v) is 3.77. The van der Waals surface area contributed by atoms with Gasteiger partial charge in [-0.1, -0.05) is 0 Å². The first-order valence-corrected chi connectivity index (χ1v) is 5.57. The third-order valence-electron chi connectivity index (χ3n) is 3.77. The van der Waals surface area contributed by atoms with Crippen molar-refractivity contribution in [1.29, 1.82) is 0 Å². The van der Waals surface area contributed by atoms with Gasteiger partial charge in [-0.2, -0.15) is 0 Å². The van der Waals surface area contributed by atoms with Gasteiger partial charge in [0.2, 0.25) is 0 Å². The van der Waals surface area contributed by atoms with Crippen molar-refractivity contribution in [2.75, 3.05) is 0 Å². The van der Waals surface area contributed by atoms with Crippen molar-refractivity contribution in [3.63, 3.8) is 0 Å². The molecule has 0 N–H and O–H groups in total. The van der Waals surface area contributed by atoms with Crippen LogP contribution in [0.2, 0.25) is 0 Å². The molecule has 1 aliphatic heterocycles. The first-order chi connectivity index (χ1) is 6.38. The number of nitrogens with zero attached hydrogens (tertiary/aromatic N) is 1. The number of rotatable bonds is 0. The lowest BCUT2D eigenvalue weighted by molar-refractivity contribution is 0.619. The molecule has 0 amide bonds. The van der Waals surface area contributed by atoms with Crippen LogP contribution in [0.15, 0.2) is 0 Å². The largest absolute Gasteiger partial charge is 0.348 e. The molecule has 70 valence electrons. The number of aromatic nitrogens is 1. The summed E-state index contributed by atoms with van der Waals surface area (Å²) in [5, 5.41) is 0. The molecule has 2 aliphatic rings. The van der Waals surface area contributed by atoms with E-state index in [1.807, 2.05) is 0 Å². The van der Waals surface area contributed by atoms with Crippen molar-refractivity contribution < 1.29 is 0 Å². The van der Waals surface area contributed by atoms with Crippen LogP contribution in [0.4, 0.5) is 0 Å². The Morgan fingerprint density at radius 2 is 1.69 bits per heavy atom. The molecule has 1 nitrogen and oxygen atoms in total. The van der Waals surface area contributed by atoms with E-state index in [-0.39, 0.29) is 0 Å². The Hall–Kier alpha value is -0.720. The molecule has 13 heavy (non-hydrogen) atoms. The van der Waals surface area contributed by atoms with Gasteiger partial charge in [0, 0.05) is 17.9 Å². The minimum absolute atomic E-state index is 1.30. The highest BCUT2D eigenvalue weighted by Crippen LogP contribution is 2.33. The van der Waals surface area contributed by atoms with Gasteiger partial charge in [-0.3, -0.25) is 0 Å². The number of fused-ring (bicyclic) bond motifs is 3. The first-order valence-electron chi connectivity index (χ1n) is 5.57. The van der Waals surface area contributed by atoms with Crippen LogP contribution < -0.4 is 0 Å². The molecule has 1 aromatic rings. The van der Waals surface area contributed by atoms with E-state index in [1.54, 1.807) is 22.5 Å². The predicted octanol–water partition coefficient (Wildman–Crippen LogP) is 2.62. The van der Waals surface area contributed by atoms with Crippen molar-refractivity contribution in [2.45, 2.75) is 52.0 Å². The van der Waals surface area contributed by atoms with Crippen molar-refractivity contribution in [2.24, 2.45) is 0 Å². The fraction of sp³-hybridized carbons (Fsp3) is 0.667. The summed E-state index contributed by atoms with van der Waals surface area (Å²) in [5.74, 6) is 0. The normalized spacial score (nSPS) is 20.1. The molecular formula is C12H17N. The Kier molecular flexibility index (Phi) is 1.55. The molecule has 0 aromatic carbocycles. The van der Waals surface area contributed by atoms with Gasteiger partial charge in [0.15, 0.2) is 0 Å². The maximum absolute atomic E-state index is 2.61. The molecule has 1 heteroatoms. The lowest BCUT2D eigenvalue weighted by atomic mass is 9.94. The van der Waals surface area contributed by atoms with Crippen LogP contribution in [0.3, 0.4) is 0 Å². The average molecular weight is 175 g/mol. The first kappa shape index (κ1) is 7.66. The smallest absolute Gasteiger partial charge is 0.0228 e. The molecule has 1 aromatic heterocycles. The van der Waals surface area contributed by atoms with E-state index in [9.17, 15) is 0 Å². The summed E-state index contributed by atoms with van der Waals surface area (Å²) in [7, 11) is 0. The van der Waals surface area contributed by atoms with Crippen LogP contribution >= 0.6 is 0 Å². The summed E-state index contributed by atoms with van der Waals surface area (Å²) in [6.07, 6.45) is 8.23. The second-order valence-corrected chi connectivity index (χ2v) is 4.46. The quantitative estimate of drug-likeness (QED) is 0.571. The molecule has 0 atom stereocenters. The molecule has 1 aliphatic carbocycles. The standard InChI is InChI=1S/C12H17N/c1-9-10-5-2-3-6-12(10)13-8-4-7-11(9)13/h2-8H2,1H3. The third kappa shape index (κ3) is 0.932. The predicted molar refractivity (Wildman–Crippen MR) is 54.1 cm³/mol. The van der Waals surface area contributed by atoms with Crippen molar-refractivity contribution in [3.05, 3.63) is 22.5 Å². The minimum atomic E-state index is 1.30. The van der Waals surface area contributed by atoms with Crippen LogP contribution in [0, 0.1) is 6.92 Å². The van der Waals surface area contributed by atoms with Crippen LogP contribution in [0.1, 0.15) is 41.8 Å². The number of hydrogen-bond acceptors (Lipinski definition) is 0. The summed E-state index contributed by atoms with van der Waals surface area (Å²) in [5.41, 5.74) is 6.69. The molecule has 0 saturated carbocycles. The Bertz CT molecular complexity index is 343. The van der Waals surface area contributed by atoms with E-state index in [2.05, 4.69) is 11.5 Å². The Morgan fingerprint density at radius 1 is 0.923 bits per heavy atom. The molecule has 3 rings (SSSR count). The zero-order valence-electron chi connectivity index (χ0n) is 8.40. The van der Waals surface area contributed by atoms with Gasteiger partial charge < -0.3 is 4.57 Å². The van der Waals surface area contributed by atoms with Gasteiger partial charge in [0.25, 0.3) is 0 Å². The molecule has 0 saturated heterocycles. The van der Waals surface area contributed by atoms with Gasteiger partial charge in [0.1, 0.15) is 0 Å². The van der Waals surface area contributed by atoms with Crippen LogP contribution in [0.25, 0.3) is 0 Å². The SMILES string of the molecule is Cc1c2c(n3c1CCC3)CCCC2. The second kappa shape index (κ2) is 2.63. The molecule has 0 spiro atoms. The summed E-state index contributed by atoms with van der Waals surface area (Å²) in [6, 6.07) is 0. The highest BCUT2D eigenvalue weighted by Gasteiger charge is 2.24. The van der Waals surface area contributed by atoms with Gasteiger partial charge >= 0.3 is 0 Å². The molecule has 0 bridgehead atoms. The monoisotopic (exact) mass is 175 g/mol. The highest BCUT2D eigenvalue weighted by atomic mass is 15.0. The van der Waals surface area contributed by atoms with E-state index in [1.165, 1.54) is 45.1 Å². The van der Waals surface area contributed by atoms with Crippen LogP contribution in [0.5, 0.6) is 0 Å². The number of hydrogen-bond donors (Lipinski definition) is 0. The average Bonchev–Trinajstić information content (AvgIpc) is 2.72. The van der Waals surface area contributed by atoms with E-state index in [4.69, 9.17) is 0 Å².